The van der Waals surface area contributed by atoms with E-state index in [0.29, 0.717) is 25.4 Å². The van der Waals surface area contributed by atoms with Gasteiger partial charge in [0.05, 0.1) is 5.41 Å². The molecular formula is C16H33N3O2. The van der Waals surface area contributed by atoms with Crippen LogP contribution in [0.2, 0.25) is 0 Å². The van der Waals surface area contributed by atoms with Gasteiger partial charge >= 0.3 is 0 Å². The van der Waals surface area contributed by atoms with E-state index in [9.17, 15) is 9.59 Å². The van der Waals surface area contributed by atoms with Gasteiger partial charge in [-0.15, -0.1) is 0 Å². The van der Waals surface area contributed by atoms with Crippen molar-refractivity contribution in [1.82, 2.24) is 10.6 Å². The average Bonchev–Trinajstić information content (AvgIpc) is 2.38. The second-order valence-electron chi connectivity index (χ2n) is 7.42. The quantitative estimate of drug-likeness (QED) is 0.637. The van der Waals surface area contributed by atoms with Crippen molar-refractivity contribution in [2.45, 2.75) is 53.9 Å². The number of nitrogens with two attached hydrogens (primary N) is 1. The Balaban J connectivity index is 4.29. The van der Waals surface area contributed by atoms with Crippen LogP contribution in [-0.2, 0) is 9.59 Å². The monoisotopic (exact) mass is 299 g/mol. The van der Waals surface area contributed by atoms with Gasteiger partial charge < -0.3 is 16.4 Å². The van der Waals surface area contributed by atoms with Crippen LogP contribution in [0, 0.1) is 16.7 Å². The first kappa shape index (κ1) is 19.9. The van der Waals surface area contributed by atoms with Crippen LogP contribution in [-0.4, -0.2) is 32.0 Å². The molecule has 0 heterocycles. The standard InChI is InChI=1S/C16H33N3O2/c1-15(2,3)12(9-10-17)7-8-13(20)19-11-16(4,5)14(21)18-6/h12H,7-11,17H2,1-6H3,(H,18,21)(H,19,20). The highest BCUT2D eigenvalue weighted by atomic mass is 16.2. The molecule has 0 fully saturated rings. The molecule has 0 rings (SSSR count). The predicted molar refractivity (Wildman–Crippen MR) is 86.7 cm³/mol. The number of rotatable bonds is 8. The Kier molecular flexibility index (Phi) is 7.93. The molecule has 4 N–H and O–H groups in total. The number of carbonyl (C=O) groups is 2. The lowest BCUT2D eigenvalue weighted by molar-refractivity contribution is -0.129. The van der Waals surface area contributed by atoms with Crippen LogP contribution >= 0.6 is 0 Å². The summed E-state index contributed by atoms with van der Waals surface area (Å²) in [6.45, 7) is 11.2. The van der Waals surface area contributed by atoms with Gasteiger partial charge in [-0.1, -0.05) is 20.8 Å². The molecule has 21 heavy (non-hydrogen) atoms. The van der Waals surface area contributed by atoms with Gasteiger partial charge in [0.15, 0.2) is 0 Å². The zero-order valence-electron chi connectivity index (χ0n) is 14.5. The van der Waals surface area contributed by atoms with Crippen LogP contribution in [0.1, 0.15) is 53.9 Å². The van der Waals surface area contributed by atoms with Crippen molar-refractivity contribution < 1.29 is 9.59 Å². The fourth-order valence-corrected chi connectivity index (χ4v) is 2.34. The first-order valence-electron chi connectivity index (χ1n) is 7.73. The van der Waals surface area contributed by atoms with Gasteiger partial charge in [-0.05, 0) is 44.6 Å². The van der Waals surface area contributed by atoms with E-state index in [1.54, 1.807) is 7.05 Å². The molecule has 0 saturated carbocycles. The molecule has 5 heteroatoms. The molecule has 0 saturated heterocycles. The molecule has 0 aromatic rings. The van der Waals surface area contributed by atoms with Crippen LogP contribution in [0.25, 0.3) is 0 Å². The largest absolute Gasteiger partial charge is 0.359 e. The highest BCUT2D eigenvalue weighted by Gasteiger charge is 2.28. The van der Waals surface area contributed by atoms with Crippen molar-refractivity contribution in [3.8, 4) is 0 Å². The topological polar surface area (TPSA) is 84.2 Å². The molecule has 0 aliphatic rings. The number of carbonyl (C=O) groups excluding carboxylic acids is 2. The van der Waals surface area contributed by atoms with Crippen molar-refractivity contribution >= 4 is 11.8 Å². The maximum atomic E-state index is 12.0. The first-order chi connectivity index (χ1) is 9.54. The summed E-state index contributed by atoms with van der Waals surface area (Å²) in [5.74, 6) is 0.358. The number of hydrogen-bond donors (Lipinski definition) is 3. The van der Waals surface area contributed by atoms with Gasteiger partial charge in [-0.2, -0.15) is 0 Å². The highest BCUT2D eigenvalue weighted by Crippen LogP contribution is 2.32. The van der Waals surface area contributed by atoms with E-state index in [2.05, 4.69) is 31.4 Å². The lowest BCUT2D eigenvalue weighted by atomic mass is 9.76. The molecule has 1 atom stereocenters. The summed E-state index contributed by atoms with van der Waals surface area (Å²) < 4.78 is 0. The summed E-state index contributed by atoms with van der Waals surface area (Å²) in [6.07, 6.45) is 2.24. The second-order valence-corrected chi connectivity index (χ2v) is 7.42. The van der Waals surface area contributed by atoms with Gasteiger partial charge in [-0.25, -0.2) is 0 Å². The van der Waals surface area contributed by atoms with E-state index in [1.807, 2.05) is 13.8 Å². The smallest absolute Gasteiger partial charge is 0.227 e. The zero-order valence-corrected chi connectivity index (χ0v) is 14.5. The molecule has 0 aromatic heterocycles. The lowest BCUT2D eigenvalue weighted by Gasteiger charge is -2.30. The maximum Gasteiger partial charge on any atom is 0.227 e. The maximum absolute atomic E-state index is 12.0. The van der Waals surface area contributed by atoms with Gasteiger partial charge in [0.1, 0.15) is 0 Å². The number of amides is 2. The Labute approximate surface area is 129 Å². The van der Waals surface area contributed by atoms with Crippen molar-refractivity contribution in [2.24, 2.45) is 22.5 Å². The van der Waals surface area contributed by atoms with E-state index >= 15 is 0 Å². The Bertz CT molecular complexity index is 346. The number of nitrogens with one attached hydrogen (secondary N) is 2. The molecule has 0 aliphatic carbocycles. The highest BCUT2D eigenvalue weighted by molar-refractivity contribution is 5.83. The Morgan fingerprint density at radius 1 is 1.10 bits per heavy atom. The molecule has 0 spiro atoms. The first-order valence-corrected chi connectivity index (χ1v) is 7.73. The third kappa shape index (κ3) is 7.46. The van der Waals surface area contributed by atoms with Crippen LogP contribution < -0.4 is 16.4 Å². The molecular weight excluding hydrogens is 266 g/mol. The van der Waals surface area contributed by atoms with Gasteiger partial charge in [0.25, 0.3) is 0 Å². The van der Waals surface area contributed by atoms with E-state index in [0.717, 1.165) is 12.8 Å². The van der Waals surface area contributed by atoms with Crippen LogP contribution in [0.5, 0.6) is 0 Å². The number of hydrogen-bond acceptors (Lipinski definition) is 3. The fraction of sp³-hybridized carbons (Fsp3) is 0.875. The summed E-state index contributed by atoms with van der Waals surface area (Å²) in [5, 5.41) is 5.47. The van der Waals surface area contributed by atoms with Crippen molar-refractivity contribution in [2.75, 3.05) is 20.1 Å². The predicted octanol–water partition coefficient (Wildman–Crippen LogP) is 1.67. The molecule has 0 aliphatic heterocycles. The average molecular weight is 299 g/mol. The second kappa shape index (κ2) is 8.37. The third-order valence-electron chi connectivity index (χ3n) is 4.03. The summed E-state index contributed by atoms with van der Waals surface area (Å²) in [7, 11) is 1.60. The van der Waals surface area contributed by atoms with Crippen LogP contribution in [0.3, 0.4) is 0 Å². The normalized spacial score (nSPS) is 13.7. The van der Waals surface area contributed by atoms with E-state index < -0.39 is 5.41 Å². The van der Waals surface area contributed by atoms with E-state index in [4.69, 9.17) is 5.73 Å². The van der Waals surface area contributed by atoms with Gasteiger partial charge in [0.2, 0.25) is 11.8 Å². The van der Waals surface area contributed by atoms with E-state index in [1.165, 1.54) is 0 Å². The molecule has 0 bridgehead atoms. The summed E-state index contributed by atoms with van der Waals surface area (Å²) in [4.78, 5) is 23.6. The minimum absolute atomic E-state index is 0.00162. The minimum Gasteiger partial charge on any atom is -0.359 e. The van der Waals surface area contributed by atoms with Crippen LogP contribution in [0.15, 0.2) is 0 Å². The van der Waals surface area contributed by atoms with Crippen LogP contribution in [0.4, 0.5) is 0 Å². The Hall–Kier alpha value is -1.10. The summed E-state index contributed by atoms with van der Waals surface area (Å²) in [5.41, 5.74) is 5.21. The SMILES string of the molecule is CNC(=O)C(C)(C)CNC(=O)CCC(CCN)C(C)(C)C. The Morgan fingerprint density at radius 3 is 2.10 bits per heavy atom. The molecule has 1 unspecified atom stereocenters. The Morgan fingerprint density at radius 2 is 1.67 bits per heavy atom. The molecule has 5 nitrogen and oxygen atoms in total. The summed E-state index contributed by atoms with van der Waals surface area (Å²) in [6, 6.07) is 0. The molecule has 124 valence electrons. The molecule has 2 amide bonds. The lowest BCUT2D eigenvalue weighted by Crippen LogP contribution is -2.43. The summed E-state index contributed by atoms with van der Waals surface area (Å²) >= 11 is 0. The van der Waals surface area contributed by atoms with Gasteiger partial charge in [-0.3, -0.25) is 9.59 Å². The van der Waals surface area contributed by atoms with Crippen molar-refractivity contribution in [1.29, 1.82) is 0 Å². The van der Waals surface area contributed by atoms with Crippen molar-refractivity contribution in [3.05, 3.63) is 0 Å². The van der Waals surface area contributed by atoms with Crippen molar-refractivity contribution in [3.63, 3.8) is 0 Å². The minimum atomic E-state index is -0.592. The zero-order chi connectivity index (χ0) is 16.7. The fourth-order valence-electron chi connectivity index (χ4n) is 2.34. The van der Waals surface area contributed by atoms with E-state index in [-0.39, 0.29) is 17.2 Å². The molecule has 0 radical (unpaired) electrons. The van der Waals surface area contributed by atoms with Gasteiger partial charge in [0, 0.05) is 20.0 Å². The molecule has 0 aromatic carbocycles. The third-order valence-corrected chi connectivity index (χ3v) is 4.03.